The van der Waals surface area contributed by atoms with E-state index in [0.717, 1.165) is 24.1 Å². The minimum absolute atomic E-state index is 0.0633. The number of rotatable bonds is 3. The molecule has 1 atom stereocenters. The molecule has 1 aromatic rings. The predicted molar refractivity (Wildman–Crippen MR) is 69.4 cm³/mol. The van der Waals surface area contributed by atoms with E-state index in [1.807, 2.05) is 24.3 Å². The van der Waals surface area contributed by atoms with Crippen molar-refractivity contribution in [3.05, 3.63) is 29.8 Å². The van der Waals surface area contributed by atoms with Crippen molar-refractivity contribution in [3.8, 4) is 0 Å². The molecule has 1 saturated heterocycles. The largest absolute Gasteiger partial charge is 0.398 e. The molecule has 1 fully saturated rings. The molecule has 1 aliphatic rings. The molecule has 4 nitrogen and oxygen atoms in total. The minimum atomic E-state index is -2.84. The molecule has 0 amide bonds. The van der Waals surface area contributed by atoms with Gasteiger partial charge >= 0.3 is 0 Å². The van der Waals surface area contributed by atoms with Crippen LogP contribution in [0.25, 0.3) is 0 Å². The molecular formula is C12H18N2O2S. The summed E-state index contributed by atoms with van der Waals surface area (Å²) in [5, 5.41) is 3.28. The van der Waals surface area contributed by atoms with E-state index in [4.69, 9.17) is 5.73 Å². The first kappa shape index (κ1) is 12.4. The zero-order chi connectivity index (χ0) is 12.3. The van der Waals surface area contributed by atoms with E-state index in [1.165, 1.54) is 0 Å². The van der Waals surface area contributed by atoms with Gasteiger partial charge in [-0.1, -0.05) is 18.2 Å². The van der Waals surface area contributed by atoms with Gasteiger partial charge in [-0.25, -0.2) is 8.42 Å². The van der Waals surface area contributed by atoms with Gasteiger partial charge < -0.3 is 11.1 Å². The van der Waals surface area contributed by atoms with Crippen LogP contribution in [0.3, 0.4) is 0 Å². The van der Waals surface area contributed by atoms with Crippen molar-refractivity contribution in [1.82, 2.24) is 5.32 Å². The number of hydrogen-bond donors (Lipinski definition) is 2. The van der Waals surface area contributed by atoms with E-state index in [2.05, 4.69) is 5.32 Å². The molecule has 0 spiro atoms. The van der Waals surface area contributed by atoms with Crippen LogP contribution in [-0.4, -0.2) is 26.0 Å². The third-order valence-electron chi connectivity index (χ3n) is 3.10. The van der Waals surface area contributed by atoms with Crippen molar-refractivity contribution in [1.29, 1.82) is 0 Å². The highest BCUT2D eigenvalue weighted by atomic mass is 32.2. The monoisotopic (exact) mass is 254 g/mol. The smallest absolute Gasteiger partial charge is 0.151 e. The molecule has 94 valence electrons. The summed E-state index contributed by atoms with van der Waals surface area (Å²) in [5.74, 6) is 0.582. The maximum Gasteiger partial charge on any atom is 0.151 e. The normalized spacial score (nSPS) is 23.4. The van der Waals surface area contributed by atoms with Gasteiger partial charge in [0.1, 0.15) is 0 Å². The van der Waals surface area contributed by atoms with Gasteiger partial charge in [-0.3, -0.25) is 0 Å². The van der Waals surface area contributed by atoms with Crippen LogP contribution in [0, 0.1) is 0 Å². The number of benzene rings is 1. The Kier molecular flexibility index (Phi) is 3.69. The molecule has 0 bridgehead atoms. The van der Waals surface area contributed by atoms with Crippen LogP contribution in [0.2, 0.25) is 0 Å². The van der Waals surface area contributed by atoms with E-state index < -0.39 is 9.84 Å². The van der Waals surface area contributed by atoms with Crippen LogP contribution >= 0.6 is 0 Å². The summed E-state index contributed by atoms with van der Waals surface area (Å²) in [7, 11) is -2.84. The van der Waals surface area contributed by atoms with Gasteiger partial charge in [-0.2, -0.15) is 0 Å². The Bertz CT molecular complexity index is 485. The molecule has 1 aromatic carbocycles. The van der Waals surface area contributed by atoms with Crippen molar-refractivity contribution < 1.29 is 8.42 Å². The third-order valence-corrected chi connectivity index (χ3v) is 4.92. The van der Waals surface area contributed by atoms with Crippen LogP contribution in [0.15, 0.2) is 24.3 Å². The van der Waals surface area contributed by atoms with Gasteiger partial charge in [-0.05, 0) is 24.5 Å². The second-order valence-electron chi connectivity index (χ2n) is 4.53. The number of anilines is 1. The Morgan fingerprint density at radius 3 is 2.82 bits per heavy atom. The molecule has 17 heavy (non-hydrogen) atoms. The number of hydrogen-bond acceptors (Lipinski definition) is 4. The van der Waals surface area contributed by atoms with E-state index in [-0.39, 0.29) is 11.8 Å². The molecule has 0 aromatic heterocycles. The first-order valence-electron chi connectivity index (χ1n) is 5.84. The van der Waals surface area contributed by atoms with Gasteiger partial charge in [0, 0.05) is 18.3 Å². The Balaban J connectivity index is 1.93. The fourth-order valence-corrected chi connectivity index (χ4v) is 3.80. The quantitative estimate of drug-likeness (QED) is 0.787. The molecule has 5 heteroatoms. The molecule has 1 heterocycles. The summed E-state index contributed by atoms with van der Waals surface area (Å²) in [6.07, 6.45) is 1.68. The second-order valence-corrected chi connectivity index (χ2v) is 6.76. The molecule has 0 saturated carbocycles. The lowest BCUT2D eigenvalue weighted by atomic mass is 10.1. The first-order valence-corrected chi connectivity index (χ1v) is 7.66. The lowest BCUT2D eigenvalue weighted by molar-refractivity contribution is 0.480. The molecule has 1 aliphatic heterocycles. The summed E-state index contributed by atoms with van der Waals surface area (Å²) in [5.41, 5.74) is 7.60. The highest BCUT2D eigenvalue weighted by Crippen LogP contribution is 2.14. The fourth-order valence-electron chi connectivity index (χ4n) is 2.13. The van der Waals surface area contributed by atoms with Crippen molar-refractivity contribution in [2.24, 2.45) is 0 Å². The Hall–Kier alpha value is -1.07. The maximum absolute atomic E-state index is 11.5. The standard InChI is InChI=1S/C12H18N2O2S/c13-12-6-2-1-4-10(12)8-14-11-5-3-7-17(15,16)9-11/h1-2,4,6,11,14H,3,5,7-9,13H2. The van der Waals surface area contributed by atoms with Crippen LogP contribution in [0.4, 0.5) is 5.69 Å². The van der Waals surface area contributed by atoms with Gasteiger partial charge in [0.15, 0.2) is 9.84 Å². The summed E-state index contributed by atoms with van der Waals surface area (Å²) in [6.45, 7) is 0.632. The number of nitrogens with one attached hydrogen (secondary N) is 1. The number of nitrogens with two attached hydrogens (primary N) is 1. The SMILES string of the molecule is Nc1ccccc1CNC1CCCS(=O)(=O)C1. The third kappa shape index (κ3) is 3.44. The van der Waals surface area contributed by atoms with Gasteiger partial charge in [-0.15, -0.1) is 0 Å². The van der Waals surface area contributed by atoms with Crippen molar-refractivity contribution in [2.75, 3.05) is 17.2 Å². The zero-order valence-corrected chi connectivity index (χ0v) is 10.5. The Labute approximate surface area is 102 Å². The van der Waals surface area contributed by atoms with E-state index in [9.17, 15) is 8.42 Å². The summed E-state index contributed by atoms with van der Waals surface area (Å²) < 4.78 is 22.9. The number of sulfone groups is 1. The molecule has 1 unspecified atom stereocenters. The lowest BCUT2D eigenvalue weighted by Gasteiger charge is -2.23. The Morgan fingerprint density at radius 2 is 2.12 bits per heavy atom. The van der Waals surface area contributed by atoms with Crippen molar-refractivity contribution in [3.63, 3.8) is 0 Å². The van der Waals surface area contributed by atoms with E-state index >= 15 is 0 Å². The summed E-state index contributed by atoms with van der Waals surface area (Å²) in [4.78, 5) is 0. The second kappa shape index (κ2) is 5.06. The average molecular weight is 254 g/mol. The predicted octanol–water partition coefficient (Wildman–Crippen LogP) is 0.936. The van der Waals surface area contributed by atoms with Crippen LogP contribution in [0.5, 0.6) is 0 Å². The molecule has 2 rings (SSSR count). The minimum Gasteiger partial charge on any atom is -0.398 e. The van der Waals surface area contributed by atoms with Gasteiger partial charge in [0.2, 0.25) is 0 Å². The first-order chi connectivity index (χ1) is 8.07. The van der Waals surface area contributed by atoms with Crippen LogP contribution in [0.1, 0.15) is 18.4 Å². The number of nitrogen functional groups attached to an aromatic ring is 1. The molecule has 0 aliphatic carbocycles. The van der Waals surface area contributed by atoms with Gasteiger partial charge in [0.25, 0.3) is 0 Å². The summed E-state index contributed by atoms with van der Waals surface area (Å²) >= 11 is 0. The number of para-hydroxylation sites is 1. The lowest BCUT2D eigenvalue weighted by Crippen LogP contribution is -2.39. The zero-order valence-electron chi connectivity index (χ0n) is 9.72. The molecular weight excluding hydrogens is 236 g/mol. The van der Waals surface area contributed by atoms with Gasteiger partial charge in [0.05, 0.1) is 11.5 Å². The van der Waals surface area contributed by atoms with Crippen molar-refractivity contribution >= 4 is 15.5 Å². The van der Waals surface area contributed by atoms with Crippen LogP contribution < -0.4 is 11.1 Å². The highest BCUT2D eigenvalue weighted by molar-refractivity contribution is 7.91. The summed E-state index contributed by atoms with van der Waals surface area (Å²) in [6, 6.07) is 7.71. The van der Waals surface area contributed by atoms with Crippen LogP contribution in [-0.2, 0) is 16.4 Å². The highest BCUT2D eigenvalue weighted by Gasteiger charge is 2.24. The topological polar surface area (TPSA) is 72.2 Å². The molecule has 3 N–H and O–H groups in total. The molecule has 0 radical (unpaired) electrons. The van der Waals surface area contributed by atoms with E-state index in [0.29, 0.717) is 12.3 Å². The van der Waals surface area contributed by atoms with E-state index in [1.54, 1.807) is 0 Å². The Morgan fingerprint density at radius 1 is 1.35 bits per heavy atom. The van der Waals surface area contributed by atoms with Crippen molar-refractivity contribution in [2.45, 2.75) is 25.4 Å². The fraction of sp³-hybridized carbons (Fsp3) is 0.500. The average Bonchev–Trinajstić information content (AvgIpc) is 2.27. The maximum atomic E-state index is 11.5.